The summed E-state index contributed by atoms with van der Waals surface area (Å²) in [6.07, 6.45) is 3.73. The summed E-state index contributed by atoms with van der Waals surface area (Å²) in [4.78, 5) is 21.0. The molecule has 8 nitrogen and oxygen atoms in total. The average molecular weight is 286 g/mol. The van der Waals surface area contributed by atoms with Crippen molar-refractivity contribution in [3.05, 3.63) is 18.2 Å². The summed E-state index contributed by atoms with van der Waals surface area (Å²) < 4.78 is 29.8. The molecule has 0 bridgehead atoms. The van der Waals surface area contributed by atoms with E-state index in [4.69, 9.17) is 4.74 Å². The van der Waals surface area contributed by atoms with Gasteiger partial charge in [-0.2, -0.15) is 0 Å². The van der Waals surface area contributed by atoms with Gasteiger partial charge >= 0.3 is 0 Å². The summed E-state index contributed by atoms with van der Waals surface area (Å²) in [6.45, 7) is 1.19. The number of nitrogens with one attached hydrogen (secondary N) is 1. The van der Waals surface area contributed by atoms with Gasteiger partial charge in [-0.05, 0) is 0 Å². The molecule has 9 heteroatoms. The normalized spacial score (nSPS) is 16.5. The van der Waals surface area contributed by atoms with Gasteiger partial charge in [-0.25, -0.2) is 18.4 Å². The van der Waals surface area contributed by atoms with Crippen molar-refractivity contribution in [3.63, 3.8) is 0 Å². The standard InChI is InChI=1S/C10H14N4O4S/c1-19(16,17)13-8-4-11-7-12-9(8)5-14-2-3-18-6-10(14)15/h4,7,13H,2-3,5-6H2,1H3. The maximum atomic E-state index is 11.6. The largest absolute Gasteiger partial charge is 0.370 e. The number of anilines is 1. The van der Waals surface area contributed by atoms with Crippen LogP contribution in [-0.4, -0.2) is 55.2 Å². The van der Waals surface area contributed by atoms with E-state index in [9.17, 15) is 13.2 Å². The summed E-state index contributed by atoms with van der Waals surface area (Å²) in [5, 5.41) is 0. The van der Waals surface area contributed by atoms with E-state index in [1.54, 1.807) is 4.90 Å². The second-order valence-electron chi connectivity index (χ2n) is 4.13. The van der Waals surface area contributed by atoms with E-state index in [0.29, 0.717) is 18.8 Å². The molecule has 1 aromatic heterocycles. The van der Waals surface area contributed by atoms with E-state index in [1.807, 2.05) is 0 Å². The van der Waals surface area contributed by atoms with Gasteiger partial charge in [0.25, 0.3) is 0 Å². The number of ether oxygens (including phenoxy) is 1. The van der Waals surface area contributed by atoms with Gasteiger partial charge in [-0.3, -0.25) is 9.52 Å². The SMILES string of the molecule is CS(=O)(=O)Nc1cncnc1CN1CCOCC1=O. The van der Waals surface area contributed by atoms with Crippen molar-refractivity contribution in [1.29, 1.82) is 0 Å². The lowest BCUT2D eigenvalue weighted by Gasteiger charge is -2.26. The zero-order valence-electron chi connectivity index (χ0n) is 10.4. The molecule has 1 saturated heterocycles. The van der Waals surface area contributed by atoms with Crippen LogP contribution >= 0.6 is 0 Å². The molecule has 19 heavy (non-hydrogen) atoms. The Morgan fingerprint density at radius 3 is 3.00 bits per heavy atom. The van der Waals surface area contributed by atoms with Gasteiger partial charge in [0.05, 0.1) is 37.0 Å². The highest BCUT2D eigenvalue weighted by atomic mass is 32.2. The van der Waals surface area contributed by atoms with E-state index < -0.39 is 10.0 Å². The fourth-order valence-corrected chi connectivity index (χ4v) is 2.23. The lowest BCUT2D eigenvalue weighted by molar-refractivity contribution is -0.143. The molecule has 1 fully saturated rings. The first-order valence-corrected chi connectivity index (χ1v) is 7.47. The zero-order chi connectivity index (χ0) is 13.9. The number of carbonyl (C=O) groups excluding carboxylic acids is 1. The highest BCUT2D eigenvalue weighted by Crippen LogP contribution is 2.15. The first kappa shape index (κ1) is 13.7. The van der Waals surface area contributed by atoms with Crippen molar-refractivity contribution < 1.29 is 17.9 Å². The lowest BCUT2D eigenvalue weighted by Crippen LogP contribution is -2.41. The van der Waals surface area contributed by atoms with Crippen molar-refractivity contribution in [2.24, 2.45) is 0 Å². The Bertz CT molecular complexity index is 575. The number of amides is 1. The maximum absolute atomic E-state index is 11.6. The lowest BCUT2D eigenvalue weighted by atomic mass is 10.3. The van der Waals surface area contributed by atoms with Crippen molar-refractivity contribution in [1.82, 2.24) is 14.9 Å². The first-order valence-electron chi connectivity index (χ1n) is 5.58. The minimum absolute atomic E-state index is 0.0416. The fraction of sp³-hybridized carbons (Fsp3) is 0.500. The monoisotopic (exact) mass is 286 g/mol. The van der Waals surface area contributed by atoms with Crippen LogP contribution in [0.5, 0.6) is 0 Å². The van der Waals surface area contributed by atoms with Crippen molar-refractivity contribution in [2.45, 2.75) is 6.54 Å². The molecule has 1 amide bonds. The number of hydrogen-bond donors (Lipinski definition) is 1. The van der Waals surface area contributed by atoms with E-state index in [2.05, 4.69) is 14.7 Å². The fourth-order valence-electron chi connectivity index (χ4n) is 1.66. The molecular weight excluding hydrogens is 272 g/mol. The number of sulfonamides is 1. The Balaban J connectivity index is 2.17. The predicted molar refractivity (Wildman–Crippen MR) is 66.7 cm³/mol. The second-order valence-corrected chi connectivity index (χ2v) is 5.87. The van der Waals surface area contributed by atoms with Crippen molar-refractivity contribution >= 4 is 21.6 Å². The third kappa shape index (κ3) is 3.86. The Morgan fingerprint density at radius 2 is 2.32 bits per heavy atom. The highest BCUT2D eigenvalue weighted by molar-refractivity contribution is 7.92. The van der Waals surface area contributed by atoms with E-state index >= 15 is 0 Å². The molecule has 2 rings (SSSR count). The molecule has 0 spiro atoms. The molecule has 0 unspecified atom stereocenters. The summed E-state index contributed by atoms with van der Waals surface area (Å²) in [6, 6.07) is 0. The molecule has 1 aliphatic heterocycles. The third-order valence-electron chi connectivity index (χ3n) is 2.51. The molecule has 104 valence electrons. The topological polar surface area (TPSA) is 101 Å². The Kier molecular flexibility index (Phi) is 3.96. The number of rotatable bonds is 4. The van der Waals surface area contributed by atoms with Gasteiger partial charge < -0.3 is 9.64 Å². The Morgan fingerprint density at radius 1 is 1.53 bits per heavy atom. The van der Waals surface area contributed by atoms with Crippen LogP contribution in [0, 0.1) is 0 Å². The molecule has 1 aromatic rings. The molecule has 0 atom stereocenters. The number of hydrogen-bond acceptors (Lipinski definition) is 6. The van der Waals surface area contributed by atoms with Crippen molar-refractivity contribution in [2.75, 3.05) is 30.7 Å². The number of morpholine rings is 1. The molecule has 2 heterocycles. The average Bonchev–Trinajstić information content (AvgIpc) is 2.33. The van der Waals surface area contributed by atoms with E-state index in [0.717, 1.165) is 6.26 Å². The van der Waals surface area contributed by atoms with E-state index in [1.165, 1.54) is 12.5 Å². The van der Waals surface area contributed by atoms with Gasteiger partial charge in [-0.15, -0.1) is 0 Å². The summed E-state index contributed by atoms with van der Waals surface area (Å²) >= 11 is 0. The summed E-state index contributed by atoms with van der Waals surface area (Å²) in [5.41, 5.74) is 0.736. The first-order chi connectivity index (χ1) is 8.96. The number of nitrogens with zero attached hydrogens (tertiary/aromatic N) is 3. The van der Waals surface area contributed by atoms with Crippen LogP contribution in [0.3, 0.4) is 0 Å². The van der Waals surface area contributed by atoms with Gasteiger partial charge in [-0.1, -0.05) is 0 Å². The Labute approximate surface area is 110 Å². The van der Waals surface area contributed by atoms with Crippen LogP contribution in [0.2, 0.25) is 0 Å². The molecule has 1 N–H and O–H groups in total. The van der Waals surface area contributed by atoms with Gasteiger partial charge in [0, 0.05) is 6.54 Å². The molecule has 0 radical (unpaired) electrons. The smallest absolute Gasteiger partial charge is 0.249 e. The second kappa shape index (κ2) is 5.49. The maximum Gasteiger partial charge on any atom is 0.249 e. The van der Waals surface area contributed by atoms with Crippen LogP contribution in [0.4, 0.5) is 5.69 Å². The molecule has 0 aromatic carbocycles. The molecule has 1 aliphatic rings. The number of aromatic nitrogens is 2. The van der Waals surface area contributed by atoms with Gasteiger partial charge in [0.1, 0.15) is 12.9 Å². The van der Waals surface area contributed by atoms with Gasteiger partial charge in [0.2, 0.25) is 15.9 Å². The van der Waals surface area contributed by atoms with E-state index in [-0.39, 0.29) is 24.7 Å². The Hall–Kier alpha value is -1.74. The van der Waals surface area contributed by atoms with Gasteiger partial charge in [0.15, 0.2) is 0 Å². The molecule has 0 saturated carbocycles. The molecular formula is C10H14N4O4S. The summed E-state index contributed by atoms with van der Waals surface area (Å²) in [5.74, 6) is -0.143. The molecule has 0 aliphatic carbocycles. The van der Waals surface area contributed by atoms with Crippen LogP contribution in [0.1, 0.15) is 5.69 Å². The highest BCUT2D eigenvalue weighted by Gasteiger charge is 2.21. The minimum Gasteiger partial charge on any atom is -0.370 e. The third-order valence-corrected chi connectivity index (χ3v) is 3.11. The summed E-state index contributed by atoms with van der Waals surface area (Å²) in [7, 11) is -3.41. The zero-order valence-corrected chi connectivity index (χ0v) is 11.2. The van der Waals surface area contributed by atoms with Crippen LogP contribution in [-0.2, 0) is 26.1 Å². The predicted octanol–water partition coefficient (Wildman–Crippen LogP) is -0.793. The minimum atomic E-state index is -3.41. The quantitative estimate of drug-likeness (QED) is 0.778. The van der Waals surface area contributed by atoms with Crippen LogP contribution in [0.15, 0.2) is 12.5 Å². The van der Waals surface area contributed by atoms with Crippen molar-refractivity contribution in [3.8, 4) is 0 Å². The number of carbonyl (C=O) groups is 1. The van der Waals surface area contributed by atoms with Crippen LogP contribution < -0.4 is 4.72 Å². The van der Waals surface area contributed by atoms with Crippen LogP contribution in [0.25, 0.3) is 0 Å².